The summed E-state index contributed by atoms with van der Waals surface area (Å²) in [7, 11) is 1.57. The second-order valence-electron chi connectivity index (χ2n) is 29.7. The normalized spacial score (nSPS) is 11.7. The Labute approximate surface area is 572 Å². The van der Waals surface area contributed by atoms with Crippen molar-refractivity contribution in [2.45, 2.75) is 249 Å². The van der Waals surface area contributed by atoms with Crippen LogP contribution in [0.15, 0.2) is 146 Å². The Hall–Kier alpha value is -7.85. The molecule has 0 amide bonds. The standard InChI is InChI=1S/C15H18O.C13H20O.C12H18O2.C12H18O.C11H15FO.C11H16O2.C11H16O/c1-4-15(2,3)13-7-5-12-10-14(16)8-6-11(12)9-13;1-6-13(4,5)11-7-9(2)12(14)10(3)8-11;1-5-12(2,3)9-6-7-10(13)11(8-9)14-4;1-5-12(3,4)10-6-7-11(13)9(2)8-10;1-4-11(2,3)8-5-6-10(13)9(12)7-8;1-4-11(2,3)8-5-6-9(12)10(13)7-8;1-4-11(2,3)9-5-7-10(12)8-6-9/h5-10,16H,4H2,1-3H3;7-8,14H,6H2,1-5H3;6-8,13H,5H2,1-4H3;6-8,13H,5H2,1-4H3;5-7,13H,4H2,1-3H3;5-7,12-13H,4H2,1-3H3;5-8,12H,4H2,1-3H3. The zero-order valence-electron chi connectivity index (χ0n) is 62.7. The van der Waals surface area contributed by atoms with Gasteiger partial charge in [-0.1, -0.05) is 224 Å². The molecule has 0 saturated heterocycles. The molecule has 0 aliphatic rings. The van der Waals surface area contributed by atoms with Crippen molar-refractivity contribution in [3.05, 3.63) is 207 Å². The van der Waals surface area contributed by atoms with E-state index < -0.39 is 5.82 Å². The summed E-state index contributed by atoms with van der Waals surface area (Å²) < 4.78 is 18.1. The van der Waals surface area contributed by atoms with E-state index in [1.165, 1.54) is 51.4 Å². The summed E-state index contributed by atoms with van der Waals surface area (Å²) in [5.41, 5.74) is 12.3. The average Bonchev–Trinajstić information content (AvgIpc) is 0.847. The van der Waals surface area contributed by atoms with E-state index >= 15 is 0 Å². The molecular formula is C85H121FO9. The van der Waals surface area contributed by atoms with Gasteiger partial charge in [0.05, 0.1) is 7.11 Å². The lowest BCUT2D eigenvalue weighted by atomic mass is 9.81. The largest absolute Gasteiger partial charge is 0.508 e. The molecular weight excluding hydrogens is 1180 g/mol. The van der Waals surface area contributed by atoms with E-state index in [1.54, 1.807) is 55.6 Å². The fraction of sp³-hybridized carbons (Fsp3) is 0.459. The number of phenols is 8. The Kier molecular flexibility index (Phi) is 31.3. The molecule has 0 aliphatic heterocycles. The van der Waals surface area contributed by atoms with Crippen LogP contribution in [0.3, 0.4) is 0 Å². The predicted octanol–water partition coefficient (Wildman–Crippen LogP) is 23.5. The van der Waals surface area contributed by atoms with Crippen molar-refractivity contribution >= 4 is 10.8 Å². The Morgan fingerprint density at radius 2 is 0.589 bits per heavy atom. The number of methoxy groups -OCH3 is 1. The highest BCUT2D eigenvalue weighted by Crippen LogP contribution is 2.38. The van der Waals surface area contributed by atoms with Crippen LogP contribution in [-0.2, 0) is 37.9 Å². The van der Waals surface area contributed by atoms with E-state index in [-0.39, 0.29) is 60.9 Å². The molecule has 0 saturated carbocycles. The summed E-state index contributed by atoms with van der Waals surface area (Å²) in [6.07, 6.45) is 7.44. The lowest BCUT2D eigenvalue weighted by molar-refractivity contribution is 0.371. The number of hydrogen-bond acceptors (Lipinski definition) is 9. The van der Waals surface area contributed by atoms with E-state index in [1.807, 2.05) is 63.2 Å². The van der Waals surface area contributed by atoms with Gasteiger partial charge < -0.3 is 45.6 Å². The fourth-order valence-corrected chi connectivity index (χ4v) is 9.39. The Balaban J connectivity index is 0.000000378. The molecule has 8 rings (SSSR count). The topological polar surface area (TPSA) is 171 Å². The van der Waals surface area contributed by atoms with Gasteiger partial charge in [0, 0.05) is 0 Å². The highest BCUT2D eigenvalue weighted by atomic mass is 19.1. The number of aryl methyl sites for hydroxylation is 3. The monoisotopic (exact) mass is 1300 g/mol. The van der Waals surface area contributed by atoms with Gasteiger partial charge in [-0.05, 0) is 237 Å². The second-order valence-corrected chi connectivity index (χ2v) is 29.7. The highest BCUT2D eigenvalue weighted by molar-refractivity contribution is 5.84. The minimum absolute atomic E-state index is 0.0332. The quantitative estimate of drug-likeness (QED) is 0.0465. The van der Waals surface area contributed by atoms with Crippen LogP contribution in [0.5, 0.6) is 51.7 Å². The molecule has 0 fully saturated rings. The number of hydrogen-bond donors (Lipinski definition) is 8. The van der Waals surface area contributed by atoms with Crippen LogP contribution in [0.2, 0.25) is 0 Å². The number of rotatable bonds is 15. The molecule has 0 aromatic heterocycles. The molecule has 95 heavy (non-hydrogen) atoms. The van der Waals surface area contributed by atoms with Crippen molar-refractivity contribution in [2.75, 3.05) is 7.11 Å². The molecule has 0 bridgehead atoms. The second kappa shape index (κ2) is 35.8. The summed E-state index contributed by atoms with van der Waals surface area (Å²) >= 11 is 0. The van der Waals surface area contributed by atoms with Crippen molar-refractivity contribution in [2.24, 2.45) is 0 Å². The van der Waals surface area contributed by atoms with Gasteiger partial charge in [0.25, 0.3) is 0 Å². The molecule has 0 heterocycles. The number of benzene rings is 8. The first-order valence-electron chi connectivity index (χ1n) is 33.9. The first-order chi connectivity index (χ1) is 43.9. The minimum Gasteiger partial charge on any atom is -0.508 e. The van der Waals surface area contributed by atoms with Gasteiger partial charge in [0.15, 0.2) is 34.6 Å². The first kappa shape index (κ1) is 83.2. The van der Waals surface area contributed by atoms with Crippen LogP contribution in [0.1, 0.15) is 246 Å². The molecule has 8 aromatic rings. The van der Waals surface area contributed by atoms with Crippen LogP contribution in [0.25, 0.3) is 10.8 Å². The van der Waals surface area contributed by atoms with Crippen molar-refractivity contribution < 1.29 is 50.0 Å². The zero-order chi connectivity index (χ0) is 72.8. The molecule has 9 nitrogen and oxygen atoms in total. The first-order valence-corrected chi connectivity index (χ1v) is 33.9. The summed E-state index contributed by atoms with van der Waals surface area (Å²) in [5, 5.41) is 76.7. The summed E-state index contributed by atoms with van der Waals surface area (Å²) in [5.74, 6) is 1.30. The maximum atomic E-state index is 13.0. The summed E-state index contributed by atoms with van der Waals surface area (Å²) in [6.45, 7) is 51.4. The van der Waals surface area contributed by atoms with Gasteiger partial charge in [0.1, 0.15) is 23.0 Å². The van der Waals surface area contributed by atoms with Crippen molar-refractivity contribution in [3.63, 3.8) is 0 Å². The van der Waals surface area contributed by atoms with E-state index in [9.17, 15) is 29.9 Å². The van der Waals surface area contributed by atoms with Crippen LogP contribution < -0.4 is 4.74 Å². The molecule has 0 radical (unpaired) electrons. The molecule has 8 N–H and O–H groups in total. The predicted molar refractivity (Wildman–Crippen MR) is 400 cm³/mol. The molecule has 0 spiro atoms. The van der Waals surface area contributed by atoms with Crippen LogP contribution in [0, 0.1) is 26.6 Å². The van der Waals surface area contributed by atoms with Gasteiger partial charge >= 0.3 is 0 Å². The Bertz CT molecular complexity index is 3490. The van der Waals surface area contributed by atoms with Crippen LogP contribution >= 0.6 is 0 Å². The third-order valence-corrected chi connectivity index (χ3v) is 20.1. The van der Waals surface area contributed by atoms with Crippen molar-refractivity contribution in [3.8, 4) is 51.7 Å². The average molecular weight is 1310 g/mol. The number of ether oxygens (including phenoxy) is 1. The number of aromatic hydroxyl groups is 8. The smallest absolute Gasteiger partial charge is 0.165 e. The number of halogens is 1. The lowest BCUT2D eigenvalue weighted by Gasteiger charge is -2.24. The van der Waals surface area contributed by atoms with Gasteiger partial charge in [-0.25, -0.2) is 4.39 Å². The lowest BCUT2D eigenvalue weighted by Crippen LogP contribution is -2.15. The molecule has 0 atom stereocenters. The zero-order valence-corrected chi connectivity index (χ0v) is 62.7. The SMILES string of the molecule is CCC(C)(C)c1cc(C)c(O)c(C)c1.CCC(C)(C)c1ccc(O)c(C)c1.CCC(C)(C)c1ccc(O)c(F)c1.CCC(C)(C)c1ccc(O)c(O)c1.CCC(C)(C)c1ccc(O)c(OC)c1.CCC(C)(C)c1ccc(O)cc1.CCC(C)(C)c1ccc2cc(O)ccc2c1. The molecule has 0 aliphatic carbocycles. The third-order valence-electron chi connectivity index (χ3n) is 20.1. The molecule has 0 unspecified atom stereocenters. The maximum Gasteiger partial charge on any atom is 0.165 e. The van der Waals surface area contributed by atoms with Gasteiger partial charge in [-0.3, -0.25) is 0 Å². The van der Waals surface area contributed by atoms with Crippen molar-refractivity contribution in [1.29, 1.82) is 0 Å². The van der Waals surface area contributed by atoms with E-state index in [0.717, 1.165) is 78.1 Å². The summed E-state index contributed by atoms with van der Waals surface area (Å²) in [6, 6.07) is 44.6. The summed E-state index contributed by atoms with van der Waals surface area (Å²) in [4.78, 5) is 0. The maximum absolute atomic E-state index is 13.0. The Morgan fingerprint density at radius 3 is 1.00 bits per heavy atom. The van der Waals surface area contributed by atoms with E-state index in [0.29, 0.717) is 28.7 Å². The van der Waals surface area contributed by atoms with Crippen molar-refractivity contribution in [1.82, 2.24) is 0 Å². The van der Waals surface area contributed by atoms with Gasteiger partial charge in [0.2, 0.25) is 0 Å². The Morgan fingerprint density at radius 1 is 0.284 bits per heavy atom. The number of phenolic OH excluding ortho intramolecular Hbond substituents is 8. The molecule has 8 aromatic carbocycles. The van der Waals surface area contributed by atoms with E-state index in [4.69, 9.17) is 20.1 Å². The highest BCUT2D eigenvalue weighted by Gasteiger charge is 2.24. The minimum atomic E-state index is -0.543. The van der Waals surface area contributed by atoms with Gasteiger partial charge in [-0.15, -0.1) is 0 Å². The molecule has 10 heteroatoms. The van der Waals surface area contributed by atoms with E-state index in [2.05, 4.69) is 182 Å². The fourth-order valence-electron chi connectivity index (χ4n) is 9.39. The van der Waals surface area contributed by atoms with Gasteiger partial charge in [-0.2, -0.15) is 0 Å². The van der Waals surface area contributed by atoms with Crippen LogP contribution in [-0.4, -0.2) is 48.0 Å². The van der Waals surface area contributed by atoms with Crippen LogP contribution in [0.4, 0.5) is 4.39 Å². The molecule has 522 valence electrons. The third kappa shape index (κ3) is 24.7. The number of fused-ring (bicyclic) bond motifs is 1.